The third-order valence-corrected chi connectivity index (χ3v) is 5.08. The molecule has 1 aliphatic heterocycles. The molecule has 0 radical (unpaired) electrons. The van der Waals surface area contributed by atoms with Gasteiger partial charge in [0, 0.05) is 24.6 Å². The predicted molar refractivity (Wildman–Crippen MR) is 126 cm³/mol. The maximum atomic E-state index is 13.5. The van der Waals surface area contributed by atoms with Gasteiger partial charge in [-0.25, -0.2) is 9.78 Å². The quantitative estimate of drug-likeness (QED) is 0.522. The number of benzene rings is 1. The van der Waals surface area contributed by atoms with Crippen LogP contribution in [0.2, 0.25) is 0 Å². The van der Waals surface area contributed by atoms with Crippen molar-refractivity contribution < 1.29 is 41.8 Å². The van der Waals surface area contributed by atoms with Gasteiger partial charge in [0.05, 0.1) is 12.3 Å². The van der Waals surface area contributed by atoms with Gasteiger partial charge in [-0.1, -0.05) is 6.07 Å². The normalized spacial score (nSPS) is 13.6. The van der Waals surface area contributed by atoms with Crippen LogP contribution >= 0.6 is 0 Å². The Kier molecular flexibility index (Phi) is 8.29. The predicted octanol–water partition coefficient (Wildman–Crippen LogP) is 4.76. The van der Waals surface area contributed by atoms with E-state index in [4.69, 9.17) is 14.2 Å². The summed E-state index contributed by atoms with van der Waals surface area (Å²) in [5, 5.41) is 2.41. The number of alkyl halides is 3. The molecule has 1 aromatic carbocycles. The van der Waals surface area contributed by atoms with E-state index in [9.17, 15) is 27.6 Å². The summed E-state index contributed by atoms with van der Waals surface area (Å²) < 4.78 is 56.5. The van der Waals surface area contributed by atoms with Gasteiger partial charge in [-0.2, -0.15) is 13.2 Å². The molecule has 0 aliphatic carbocycles. The second-order valence-corrected chi connectivity index (χ2v) is 9.19. The van der Waals surface area contributed by atoms with Crippen LogP contribution in [0.3, 0.4) is 0 Å². The Labute approximate surface area is 211 Å². The molecule has 1 aliphatic rings. The first-order valence-corrected chi connectivity index (χ1v) is 11.6. The molecule has 2 aromatic rings. The summed E-state index contributed by atoms with van der Waals surface area (Å²) in [6.07, 6.45) is -5.22. The standard InChI is InChI=1S/C25H28F3N3O6/c1-5-35-22(33)14-31-17-7-6-8-18(16(17)9-10-21(31)32)36-20-12-15(11-19(30-20)25(26,27)28)13-29-23(34)37-24(2,3)4/h6-8,11-12H,5,9-10,13-14H2,1-4H3,(H,29,34). The summed E-state index contributed by atoms with van der Waals surface area (Å²) in [6.45, 7) is 6.23. The van der Waals surface area contributed by atoms with Gasteiger partial charge in [0.15, 0.2) is 0 Å². The number of aromatic nitrogens is 1. The van der Waals surface area contributed by atoms with E-state index in [-0.39, 0.29) is 55.6 Å². The molecule has 0 saturated heterocycles. The van der Waals surface area contributed by atoms with Crippen LogP contribution in [0.4, 0.5) is 23.7 Å². The molecule has 2 amide bonds. The lowest BCUT2D eigenvalue weighted by atomic mass is 10.00. The Morgan fingerprint density at radius 1 is 1.14 bits per heavy atom. The van der Waals surface area contributed by atoms with Crippen molar-refractivity contribution in [3.8, 4) is 11.6 Å². The zero-order chi connectivity index (χ0) is 27.4. The number of nitrogens with zero attached hydrogens (tertiary/aromatic N) is 2. The number of rotatable bonds is 7. The van der Waals surface area contributed by atoms with Gasteiger partial charge in [0.1, 0.15) is 23.6 Å². The van der Waals surface area contributed by atoms with Crippen molar-refractivity contribution in [3.05, 3.63) is 47.2 Å². The molecular formula is C25H28F3N3O6. The number of nitrogens with one attached hydrogen (secondary N) is 1. The topological polar surface area (TPSA) is 107 Å². The molecule has 12 heteroatoms. The van der Waals surface area contributed by atoms with E-state index in [1.54, 1.807) is 39.8 Å². The first-order chi connectivity index (χ1) is 17.3. The second-order valence-electron chi connectivity index (χ2n) is 9.19. The van der Waals surface area contributed by atoms with Gasteiger partial charge >= 0.3 is 18.2 Å². The number of fused-ring (bicyclic) bond motifs is 1. The van der Waals surface area contributed by atoms with Crippen molar-refractivity contribution in [3.63, 3.8) is 0 Å². The third-order valence-electron chi connectivity index (χ3n) is 5.08. The highest BCUT2D eigenvalue weighted by Crippen LogP contribution is 2.38. The SMILES string of the molecule is CCOC(=O)CN1C(=O)CCc2c(Oc3cc(CNC(=O)OC(C)(C)C)cc(C(F)(F)F)n3)cccc21. The second kappa shape index (κ2) is 11.1. The highest BCUT2D eigenvalue weighted by atomic mass is 19.4. The van der Waals surface area contributed by atoms with Crippen LogP contribution < -0.4 is 15.0 Å². The molecule has 0 bridgehead atoms. The number of hydrogen-bond donors (Lipinski definition) is 1. The summed E-state index contributed by atoms with van der Waals surface area (Å²) in [7, 11) is 0. The van der Waals surface area contributed by atoms with E-state index in [1.165, 1.54) is 17.0 Å². The van der Waals surface area contributed by atoms with E-state index in [2.05, 4.69) is 10.3 Å². The van der Waals surface area contributed by atoms with Crippen LogP contribution in [0.15, 0.2) is 30.3 Å². The van der Waals surface area contributed by atoms with Crippen LogP contribution in [0.5, 0.6) is 11.6 Å². The lowest BCUT2D eigenvalue weighted by Crippen LogP contribution is -2.39. The first kappa shape index (κ1) is 27.8. The van der Waals surface area contributed by atoms with Crippen molar-refractivity contribution in [2.75, 3.05) is 18.1 Å². The van der Waals surface area contributed by atoms with Crippen LogP contribution in [-0.4, -0.2) is 41.7 Å². The Morgan fingerprint density at radius 2 is 1.86 bits per heavy atom. The summed E-state index contributed by atoms with van der Waals surface area (Å²) in [6, 6.07) is 6.80. The number of halogens is 3. The number of alkyl carbamates (subject to hydrolysis) is 1. The fraction of sp³-hybridized carbons (Fsp3) is 0.440. The summed E-state index contributed by atoms with van der Waals surface area (Å²) in [4.78, 5) is 41.3. The molecule has 1 N–H and O–H groups in total. The number of esters is 1. The summed E-state index contributed by atoms with van der Waals surface area (Å²) >= 11 is 0. The van der Waals surface area contributed by atoms with Crippen molar-refractivity contribution in [2.24, 2.45) is 0 Å². The minimum atomic E-state index is -4.76. The van der Waals surface area contributed by atoms with Gasteiger partial charge in [0.2, 0.25) is 11.8 Å². The number of ether oxygens (including phenoxy) is 3. The lowest BCUT2D eigenvalue weighted by molar-refractivity contribution is -0.142. The average molecular weight is 524 g/mol. The minimum Gasteiger partial charge on any atom is -0.465 e. The Balaban J connectivity index is 1.89. The van der Waals surface area contributed by atoms with Gasteiger partial charge < -0.3 is 24.4 Å². The van der Waals surface area contributed by atoms with Gasteiger partial charge in [-0.3, -0.25) is 9.59 Å². The maximum absolute atomic E-state index is 13.5. The monoisotopic (exact) mass is 523 g/mol. The fourth-order valence-corrected chi connectivity index (χ4v) is 3.62. The van der Waals surface area contributed by atoms with E-state index in [1.807, 2.05) is 0 Å². The number of carbonyl (C=O) groups is 3. The molecule has 2 heterocycles. The Bertz CT molecular complexity index is 1180. The largest absolute Gasteiger partial charge is 0.465 e. The number of amides is 2. The van der Waals surface area contributed by atoms with Crippen LogP contribution in [0.1, 0.15) is 50.9 Å². The highest BCUT2D eigenvalue weighted by molar-refractivity contribution is 6.00. The maximum Gasteiger partial charge on any atom is 0.433 e. The van der Waals surface area contributed by atoms with Crippen LogP contribution in [-0.2, 0) is 38.2 Å². The molecule has 0 atom stereocenters. The van der Waals surface area contributed by atoms with Crippen molar-refractivity contribution in [1.82, 2.24) is 10.3 Å². The molecule has 3 rings (SSSR count). The highest BCUT2D eigenvalue weighted by Gasteiger charge is 2.34. The molecule has 200 valence electrons. The minimum absolute atomic E-state index is 0.0772. The molecule has 1 aromatic heterocycles. The number of carbonyl (C=O) groups excluding carboxylic acids is 3. The van der Waals surface area contributed by atoms with E-state index >= 15 is 0 Å². The van der Waals surface area contributed by atoms with E-state index in [0.29, 0.717) is 11.3 Å². The van der Waals surface area contributed by atoms with Gasteiger partial charge in [-0.15, -0.1) is 0 Å². The average Bonchev–Trinajstić information content (AvgIpc) is 2.78. The van der Waals surface area contributed by atoms with E-state index < -0.39 is 29.5 Å². The first-order valence-electron chi connectivity index (χ1n) is 11.6. The molecule has 37 heavy (non-hydrogen) atoms. The number of pyridine rings is 1. The van der Waals surface area contributed by atoms with Crippen molar-refractivity contribution >= 4 is 23.7 Å². The number of hydrogen-bond acceptors (Lipinski definition) is 7. The molecule has 0 saturated carbocycles. The number of anilines is 1. The molecular weight excluding hydrogens is 495 g/mol. The molecule has 0 fully saturated rings. The third kappa shape index (κ3) is 7.58. The lowest BCUT2D eigenvalue weighted by Gasteiger charge is -2.29. The Morgan fingerprint density at radius 3 is 2.51 bits per heavy atom. The molecule has 9 nitrogen and oxygen atoms in total. The van der Waals surface area contributed by atoms with Crippen molar-refractivity contribution in [1.29, 1.82) is 0 Å². The Hall–Kier alpha value is -3.83. The van der Waals surface area contributed by atoms with Crippen LogP contribution in [0.25, 0.3) is 0 Å². The van der Waals surface area contributed by atoms with Gasteiger partial charge in [0.25, 0.3) is 0 Å². The smallest absolute Gasteiger partial charge is 0.433 e. The molecule has 0 unspecified atom stereocenters. The zero-order valence-electron chi connectivity index (χ0n) is 20.9. The summed E-state index contributed by atoms with van der Waals surface area (Å²) in [5.74, 6) is -1.03. The van der Waals surface area contributed by atoms with Crippen molar-refractivity contribution in [2.45, 2.75) is 58.9 Å². The van der Waals surface area contributed by atoms with E-state index in [0.717, 1.165) is 6.07 Å². The molecule has 0 spiro atoms. The zero-order valence-corrected chi connectivity index (χ0v) is 20.9. The van der Waals surface area contributed by atoms with Crippen LogP contribution in [0, 0.1) is 0 Å². The van der Waals surface area contributed by atoms with Gasteiger partial charge in [-0.05, 0) is 57.9 Å². The fourth-order valence-electron chi connectivity index (χ4n) is 3.62. The summed E-state index contributed by atoms with van der Waals surface area (Å²) in [5.41, 5.74) is -0.940.